The van der Waals surface area contributed by atoms with Crippen LogP contribution in [0.2, 0.25) is 0 Å². The van der Waals surface area contributed by atoms with Gasteiger partial charge >= 0.3 is 0 Å². The van der Waals surface area contributed by atoms with E-state index >= 15 is 0 Å². The Morgan fingerprint density at radius 3 is 2.37 bits per heavy atom. The van der Waals surface area contributed by atoms with Gasteiger partial charge in [-0.15, -0.1) is 0 Å². The molecule has 2 N–H and O–H groups in total. The fraction of sp³-hybridized carbons (Fsp3) is 0.280. The van der Waals surface area contributed by atoms with Crippen molar-refractivity contribution >= 4 is 22.6 Å². The van der Waals surface area contributed by atoms with Crippen LogP contribution >= 0.6 is 0 Å². The SMILES string of the molecule is CCC(C)C(NC(=O)c1ccccc1)C(=O)NCc1ccc2cc(OC)ccc2c1. The number of carbonyl (C=O) groups is 2. The van der Waals surface area contributed by atoms with Crippen molar-refractivity contribution in [2.45, 2.75) is 32.9 Å². The number of methoxy groups -OCH3 is 1. The molecule has 156 valence electrons. The Kier molecular flexibility index (Phi) is 7.07. The molecule has 3 aromatic carbocycles. The number of amides is 2. The lowest BCUT2D eigenvalue weighted by Crippen LogP contribution is -2.50. The maximum absolute atomic E-state index is 12.9. The minimum atomic E-state index is -0.590. The molecule has 0 fully saturated rings. The highest BCUT2D eigenvalue weighted by Crippen LogP contribution is 2.22. The van der Waals surface area contributed by atoms with Gasteiger partial charge in [0.05, 0.1) is 7.11 Å². The van der Waals surface area contributed by atoms with Crippen LogP contribution in [0, 0.1) is 5.92 Å². The first-order chi connectivity index (χ1) is 14.5. The highest BCUT2D eigenvalue weighted by molar-refractivity contribution is 5.97. The van der Waals surface area contributed by atoms with Gasteiger partial charge in [0.15, 0.2) is 0 Å². The van der Waals surface area contributed by atoms with Crippen LogP contribution in [-0.2, 0) is 11.3 Å². The number of benzene rings is 3. The molecule has 0 radical (unpaired) electrons. The average Bonchev–Trinajstić information content (AvgIpc) is 2.80. The predicted molar refractivity (Wildman–Crippen MR) is 119 cm³/mol. The lowest BCUT2D eigenvalue weighted by Gasteiger charge is -2.23. The van der Waals surface area contributed by atoms with E-state index in [0.29, 0.717) is 12.1 Å². The molecule has 5 nitrogen and oxygen atoms in total. The Hall–Kier alpha value is -3.34. The summed E-state index contributed by atoms with van der Waals surface area (Å²) in [6, 6.07) is 20.3. The van der Waals surface area contributed by atoms with Gasteiger partial charge in [-0.2, -0.15) is 0 Å². The largest absolute Gasteiger partial charge is 0.497 e. The summed E-state index contributed by atoms with van der Waals surface area (Å²) in [6.07, 6.45) is 0.783. The van der Waals surface area contributed by atoms with Crippen LogP contribution < -0.4 is 15.4 Å². The van der Waals surface area contributed by atoms with Gasteiger partial charge in [0.2, 0.25) is 5.91 Å². The minimum Gasteiger partial charge on any atom is -0.497 e. The molecule has 3 aromatic rings. The van der Waals surface area contributed by atoms with Crippen LogP contribution in [0.25, 0.3) is 10.8 Å². The molecular formula is C25H28N2O3. The first-order valence-electron chi connectivity index (χ1n) is 10.2. The standard InChI is InChI=1S/C25H28N2O3/c1-4-17(2)23(27-24(28)19-8-6-5-7-9-19)25(29)26-16-18-10-11-21-15-22(30-3)13-12-20(21)14-18/h5-15,17,23H,4,16H2,1-3H3,(H,26,29)(H,27,28). The quantitative estimate of drug-likeness (QED) is 0.588. The molecule has 0 spiro atoms. The average molecular weight is 405 g/mol. The molecule has 30 heavy (non-hydrogen) atoms. The van der Waals surface area contributed by atoms with Gasteiger partial charge < -0.3 is 15.4 Å². The summed E-state index contributed by atoms with van der Waals surface area (Å²) in [4.78, 5) is 25.4. The van der Waals surface area contributed by atoms with E-state index in [2.05, 4.69) is 16.7 Å². The Morgan fingerprint density at radius 1 is 0.967 bits per heavy atom. The molecule has 5 heteroatoms. The summed E-state index contributed by atoms with van der Waals surface area (Å²) in [5, 5.41) is 8.04. The maximum Gasteiger partial charge on any atom is 0.251 e. The van der Waals surface area contributed by atoms with Crippen molar-refractivity contribution in [1.29, 1.82) is 0 Å². The van der Waals surface area contributed by atoms with Crippen molar-refractivity contribution < 1.29 is 14.3 Å². The zero-order valence-corrected chi connectivity index (χ0v) is 17.6. The van der Waals surface area contributed by atoms with Crippen molar-refractivity contribution in [3.63, 3.8) is 0 Å². The van der Waals surface area contributed by atoms with E-state index in [1.807, 2.05) is 62.4 Å². The zero-order valence-electron chi connectivity index (χ0n) is 17.6. The molecule has 0 bridgehead atoms. The number of nitrogens with one attached hydrogen (secondary N) is 2. The van der Waals surface area contributed by atoms with Crippen LogP contribution in [0.1, 0.15) is 36.2 Å². The first kappa shape index (κ1) is 21.4. The van der Waals surface area contributed by atoms with Gasteiger partial charge in [-0.05, 0) is 52.6 Å². The van der Waals surface area contributed by atoms with Crippen LogP contribution in [0.15, 0.2) is 66.7 Å². The van der Waals surface area contributed by atoms with Gasteiger partial charge in [-0.25, -0.2) is 0 Å². The van der Waals surface area contributed by atoms with E-state index < -0.39 is 6.04 Å². The highest BCUT2D eigenvalue weighted by Gasteiger charge is 2.26. The summed E-state index contributed by atoms with van der Waals surface area (Å²) >= 11 is 0. The second-order valence-corrected chi connectivity index (χ2v) is 7.47. The summed E-state index contributed by atoms with van der Waals surface area (Å²) in [5.74, 6) is 0.412. The molecule has 0 aromatic heterocycles. The van der Waals surface area contributed by atoms with Gasteiger partial charge in [0, 0.05) is 12.1 Å². The molecule has 2 atom stereocenters. The number of hydrogen-bond acceptors (Lipinski definition) is 3. The third-order valence-electron chi connectivity index (χ3n) is 5.40. The van der Waals surface area contributed by atoms with Gasteiger partial charge in [-0.1, -0.05) is 56.7 Å². The lowest BCUT2D eigenvalue weighted by molar-refractivity contribution is -0.124. The normalized spacial score (nSPS) is 12.8. The minimum absolute atomic E-state index is 0.0155. The molecule has 2 unspecified atom stereocenters. The van der Waals surface area contributed by atoms with E-state index in [9.17, 15) is 9.59 Å². The molecule has 0 saturated heterocycles. The summed E-state index contributed by atoms with van der Waals surface area (Å²) in [5.41, 5.74) is 1.54. The molecule has 0 saturated carbocycles. The molecule has 2 amide bonds. The second kappa shape index (κ2) is 9.92. The molecule has 0 aliphatic carbocycles. The van der Waals surface area contributed by atoms with E-state index in [1.165, 1.54) is 0 Å². The molecule has 0 aliphatic rings. The van der Waals surface area contributed by atoms with Crippen molar-refractivity contribution in [2.24, 2.45) is 5.92 Å². The van der Waals surface area contributed by atoms with Crippen molar-refractivity contribution in [2.75, 3.05) is 7.11 Å². The fourth-order valence-electron chi connectivity index (χ4n) is 3.33. The Balaban J connectivity index is 1.68. The van der Waals surface area contributed by atoms with Gasteiger partial charge in [-0.3, -0.25) is 9.59 Å². The second-order valence-electron chi connectivity index (χ2n) is 7.47. The molecule has 3 rings (SSSR count). The number of hydrogen-bond donors (Lipinski definition) is 2. The lowest BCUT2D eigenvalue weighted by atomic mass is 9.97. The number of fused-ring (bicyclic) bond motifs is 1. The summed E-state index contributed by atoms with van der Waals surface area (Å²) in [6.45, 7) is 4.38. The van der Waals surface area contributed by atoms with Gasteiger partial charge in [0.1, 0.15) is 11.8 Å². The van der Waals surface area contributed by atoms with Crippen LogP contribution in [0.3, 0.4) is 0 Å². The Bertz CT molecular complexity index is 1020. The fourth-order valence-corrected chi connectivity index (χ4v) is 3.33. The topological polar surface area (TPSA) is 67.4 Å². The first-order valence-corrected chi connectivity index (χ1v) is 10.2. The van der Waals surface area contributed by atoms with Crippen molar-refractivity contribution in [3.05, 3.63) is 77.9 Å². The Morgan fingerprint density at radius 2 is 1.67 bits per heavy atom. The van der Waals surface area contributed by atoms with E-state index in [0.717, 1.165) is 28.5 Å². The molecule has 0 aliphatic heterocycles. The number of ether oxygens (including phenoxy) is 1. The molecule has 0 heterocycles. The van der Waals surface area contributed by atoms with Crippen LogP contribution in [-0.4, -0.2) is 25.0 Å². The predicted octanol–water partition coefficient (Wildman–Crippen LogP) is 4.31. The van der Waals surface area contributed by atoms with Crippen molar-refractivity contribution in [3.8, 4) is 5.75 Å². The smallest absolute Gasteiger partial charge is 0.251 e. The van der Waals surface area contributed by atoms with Crippen LogP contribution in [0.5, 0.6) is 5.75 Å². The number of rotatable bonds is 8. The third kappa shape index (κ3) is 5.17. The zero-order chi connectivity index (χ0) is 21.5. The van der Waals surface area contributed by atoms with E-state index in [4.69, 9.17) is 4.74 Å². The summed E-state index contributed by atoms with van der Waals surface area (Å²) in [7, 11) is 1.65. The van der Waals surface area contributed by atoms with Crippen molar-refractivity contribution in [1.82, 2.24) is 10.6 Å². The maximum atomic E-state index is 12.9. The Labute approximate surface area is 177 Å². The van der Waals surface area contributed by atoms with E-state index in [1.54, 1.807) is 19.2 Å². The van der Waals surface area contributed by atoms with Crippen LogP contribution in [0.4, 0.5) is 0 Å². The molecular weight excluding hydrogens is 376 g/mol. The summed E-state index contributed by atoms with van der Waals surface area (Å²) < 4.78 is 5.26. The third-order valence-corrected chi connectivity index (χ3v) is 5.40. The van der Waals surface area contributed by atoms with E-state index in [-0.39, 0.29) is 17.7 Å². The monoisotopic (exact) mass is 404 g/mol. The van der Waals surface area contributed by atoms with Gasteiger partial charge in [0.25, 0.3) is 5.91 Å². The highest BCUT2D eigenvalue weighted by atomic mass is 16.5. The number of carbonyl (C=O) groups excluding carboxylic acids is 2.